The maximum Gasteiger partial charge on any atom is 0.271 e. The molecule has 0 saturated heterocycles. The molecule has 0 bridgehead atoms. The average Bonchev–Trinajstić information content (AvgIpc) is 2.67. The van der Waals surface area contributed by atoms with Crippen molar-refractivity contribution in [2.24, 2.45) is 0 Å². The van der Waals surface area contributed by atoms with Gasteiger partial charge in [-0.05, 0) is 36.8 Å². The second-order valence-electron chi connectivity index (χ2n) is 5.72. The maximum atomic E-state index is 12.6. The first kappa shape index (κ1) is 20.5. The quantitative estimate of drug-likeness (QED) is 0.727. The number of sulfonamides is 1. The molecule has 144 valence electrons. The van der Waals surface area contributed by atoms with Gasteiger partial charge >= 0.3 is 0 Å². The van der Waals surface area contributed by atoms with Gasteiger partial charge in [0, 0.05) is 31.0 Å². The summed E-state index contributed by atoms with van der Waals surface area (Å²) in [5, 5.41) is 0. The molecule has 0 unspecified atom stereocenters. The highest BCUT2D eigenvalue weighted by Gasteiger charge is 2.23. The summed E-state index contributed by atoms with van der Waals surface area (Å²) in [7, 11) is -3.69. The van der Waals surface area contributed by atoms with Crippen LogP contribution in [0.2, 0.25) is 0 Å². The first-order valence-electron chi connectivity index (χ1n) is 8.42. The van der Waals surface area contributed by atoms with E-state index in [4.69, 9.17) is 0 Å². The van der Waals surface area contributed by atoms with Gasteiger partial charge < -0.3 is 0 Å². The first-order chi connectivity index (χ1) is 12.8. The Morgan fingerprint density at radius 3 is 2.33 bits per heavy atom. The third-order valence-corrected chi connectivity index (χ3v) is 6.06. The molecule has 2 aromatic rings. The summed E-state index contributed by atoms with van der Waals surface area (Å²) in [5.74, 6) is -1.14. The molecule has 0 aliphatic carbocycles. The van der Waals surface area contributed by atoms with Crippen LogP contribution in [0.5, 0.6) is 0 Å². The topological polar surface area (TPSA) is 108 Å². The van der Waals surface area contributed by atoms with Gasteiger partial charge in [0.15, 0.2) is 0 Å². The van der Waals surface area contributed by atoms with Gasteiger partial charge in [-0.2, -0.15) is 4.31 Å². The molecule has 0 saturated carbocycles. The lowest BCUT2D eigenvalue weighted by atomic mass is 10.1. The largest absolute Gasteiger partial charge is 0.271 e. The smallest absolute Gasteiger partial charge is 0.267 e. The highest BCUT2D eigenvalue weighted by atomic mass is 32.2. The predicted molar refractivity (Wildman–Crippen MR) is 100 cm³/mol. The minimum Gasteiger partial charge on any atom is -0.267 e. The number of carbonyl (C=O) groups excluding carboxylic acids is 2. The number of pyridine rings is 1. The second kappa shape index (κ2) is 8.74. The Bertz CT molecular complexity index is 926. The van der Waals surface area contributed by atoms with E-state index < -0.39 is 21.8 Å². The van der Waals surface area contributed by atoms with E-state index in [1.165, 1.54) is 28.8 Å². The predicted octanol–water partition coefficient (Wildman–Crippen LogP) is 1.50. The number of nitrogens with one attached hydrogen (secondary N) is 2. The van der Waals surface area contributed by atoms with E-state index in [0.29, 0.717) is 18.7 Å². The van der Waals surface area contributed by atoms with Gasteiger partial charge in [-0.1, -0.05) is 19.9 Å². The van der Waals surface area contributed by atoms with E-state index in [9.17, 15) is 18.0 Å². The van der Waals surface area contributed by atoms with Crippen molar-refractivity contribution >= 4 is 21.8 Å². The summed E-state index contributed by atoms with van der Waals surface area (Å²) in [4.78, 5) is 28.3. The molecular weight excluding hydrogens is 368 g/mol. The number of hydrazine groups is 1. The van der Waals surface area contributed by atoms with E-state index >= 15 is 0 Å². The monoisotopic (exact) mass is 390 g/mol. The highest BCUT2D eigenvalue weighted by Crippen LogP contribution is 2.19. The zero-order valence-electron chi connectivity index (χ0n) is 15.4. The fourth-order valence-corrected chi connectivity index (χ4v) is 3.95. The molecule has 2 amide bonds. The molecule has 2 rings (SSSR count). The van der Waals surface area contributed by atoms with Crippen LogP contribution >= 0.6 is 0 Å². The number of carbonyl (C=O) groups is 2. The Labute approximate surface area is 158 Å². The zero-order chi connectivity index (χ0) is 20.0. The van der Waals surface area contributed by atoms with Crippen molar-refractivity contribution in [3.63, 3.8) is 0 Å². The first-order valence-corrected chi connectivity index (χ1v) is 9.86. The summed E-state index contributed by atoms with van der Waals surface area (Å²) in [6.45, 7) is 5.84. The van der Waals surface area contributed by atoms with Gasteiger partial charge in [-0.3, -0.25) is 25.4 Å². The molecule has 27 heavy (non-hydrogen) atoms. The fourth-order valence-electron chi connectivity index (χ4n) is 2.47. The lowest BCUT2D eigenvalue weighted by Gasteiger charge is -2.19. The molecular formula is C18H22N4O4S. The zero-order valence-corrected chi connectivity index (χ0v) is 16.2. The molecule has 1 aromatic carbocycles. The van der Waals surface area contributed by atoms with Crippen LogP contribution in [0.25, 0.3) is 0 Å². The minimum absolute atomic E-state index is 0.0283. The average molecular weight is 390 g/mol. The molecule has 0 spiro atoms. The number of rotatable bonds is 6. The van der Waals surface area contributed by atoms with Crippen LogP contribution in [-0.2, 0) is 10.0 Å². The molecule has 9 heteroatoms. The molecule has 1 aromatic heterocycles. The summed E-state index contributed by atoms with van der Waals surface area (Å²) >= 11 is 0. The van der Waals surface area contributed by atoms with Gasteiger partial charge in [0.2, 0.25) is 10.0 Å². The Morgan fingerprint density at radius 2 is 1.74 bits per heavy atom. The molecule has 0 aliphatic heterocycles. The van der Waals surface area contributed by atoms with Crippen LogP contribution in [-0.4, -0.2) is 42.6 Å². The number of amides is 2. The third-order valence-electron chi connectivity index (χ3n) is 4.01. The number of nitrogens with zero attached hydrogens (tertiary/aromatic N) is 2. The van der Waals surface area contributed by atoms with E-state index in [0.717, 1.165) is 0 Å². The van der Waals surface area contributed by atoms with Crippen molar-refractivity contribution in [1.29, 1.82) is 0 Å². The highest BCUT2D eigenvalue weighted by molar-refractivity contribution is 7.89. The minimum atomic E-state index is -3.69. The summed E-state index contributed by atoms with van der Waals surface area (Å²) in [6.07, 6.45) is 2.89. The Kier molecular flexibility index (Phi) is 6.65. The van der Waals surface area contributed by atoms with Crippen LogP contribution < -0.4 is 10.9 Å². The summed E-state index contributed by atoms with van der Waals surface area (Å²) < 4.78 is 26.6. The van der Waals surface area contributed by atoms with Crippen LogP contribution in [0.15, 0.2) is 47.6 Å². The van der Waals surface area contributed by atoms with Crippen molar-refractivity contribution in [2.75, 3.05) is 13.1 Å². The number of hydrogen-bond acceptors (Lipinski definition) is 5. The Morgan fingerprint density at radius 1 is 1.07 bits per heavy atom. The molecule has 0 aliphatic rings. The lowest BCUT2D eigenvalue weighted by Crippen LogP contribution is -2.42. The number of aryl methyl sites for hydroxylation is 1. The van der Waals surface area contributed by atoms with Crippen LogP contribution in [0.4, 0.5) is 0 Å². The van der Waals surface area contributed by atoms with Crippen LogP contribution in [0, 0.1) is 6.92 Å². The van der Waals surface area contributed by atoms with Crippen molar-refractivity contribution < 1.29 is 18.0 Å². The van der Waals surface area contributed by atoms with E-state index in [-0.39, 0.29) is 16.0 Å². The standard InChI is InChI=1S/C18H22N4O4S/c1-4-22(5-2)27(25,26)15-9-8-13(3)16(11-15)18(24)21-20-17(23)14-7-6-10-19-12-14/h6-12H,4-5H2,1-3H3,(H,20,23)(H,21,24). The van der Waals surface area contributed by atoms with Gasteiger partial charge in [0.05, 0.1) is 10.5 Å². The third kappa shape index (κ3) is 4.69. The normalized spacial score (nSPS) is 11.3. The number of aromatic nitrogens is 1. The SMILES string of the molecule is CCN(CC)S(=O)(=O)c1ccc(C)c(C(=O)NNC(=O)c2cccnc2)c1. The van der Waals surface area contributed by atoms with Gasteiger partial charge in [0.25, 0.3) is 11.8 Å². The Hall–Kier alpha value is -2.78. The summed E-state index contributed by atoms with van der Waals surface area (Å²) in [5.41, 5.74) is 5.62. The fraction of sp³-hybridized carbons (Fsp3) is 0.278. The second-order valence-corrected chi connectivity index (χ2v) is 7.65. The molecule has 0 fully saturated rings. The van der Waals surface area contributed by atoms with Crippen molar-refractivity contribution in [3.05, 3.63) is 59.4 Å². The van der Waals surface area contributed by atoms with Gasteiger partial charge in [-0.25, -0.2) is 8.42 Å². The van der Waals surface area contributed by atoms with E-state index in [1.54, 1.807) is 39.0 Å². The molecule has 1 heterocycles. The van der Waals surface area contributed by atoms with Crippen LogP contribution in [0.3, 0.4) is 0 Å². The number of benzene rings is 1. The number of hydrogen-bond donors (Lipinski definition) is 2. The maximum absolute atomic E-state index is 12.6. The van der Waals surface area contributed by atoms with Gasteiger partial charge in [-0.15, -0.1) is 0 Å². The van der Waals surface area contributed by atoms with Gasteiger partial charge in [0.1, 0.15) is 0 Å². The van der Waals surface area contributed by atoms with E-state index in [2.05, 4.69) is 15.8 Å². The molecule has 8 nitrogen and oxygen atoms in total. The van der Waals surface area contributed by atoms with E-state index in [1.807, 2.05) is 0 Å². The summed E-state index contributed by atoms with van der Waals surface area (Å²) in [6, 6.07) is 7.50. The molecule has 0 atom stereocenters. The van der Waals surface area contributed by atoms with Crippen LogP contribution in [0.1, 0.15) is 40.1 Å². The molecule has 0 radical (unpaired) electrons. The van der Waals surface area contributed by atoms with Crippen molar-refractivity contribution in [3.8, 4) is 0 Å². The lowest BCUT2D eigenvalue weighted by molar-refractivity contribution is 0.0846. The Balaban J connectivity index is 2.20. The van der Waals surface area contributed by atoms with Crippen molar-refractivity contribution in [2.45, 2.75) is 25.7 Å². The van der Waals surface area contributed by atoms with Crippen molar-refractivity contribution in [1.82, 2.24) is 20.1 Å². The molecule has 2 N–H and O–H groups in total.